The molecule has 3 aromatic rings. The fraction of sp³-hybridized carbons (Fsp3) is 0.273. The molecular weight excluding hydrogens is 464 g/mol. The molecule has 8 nitrogen and oxygen atoms in total. The van der Waals surface area contributed by atoms with Crippen molar-refractivity contribution >= 4 is 33.5 Å². The van der Waals surface area contributed by atoms with Crippen molar-refractivity contribution in [1.82, 2.24) is 20.4 Å². The number of H-pyrrole nitrogens is 1. The second-order valence-corrected chi connectivity index (χ2v) is 8.45. The van der Waals surface area contributed by atoms with Gasteiger partial charge in [0, 0.05) is 47.9 Å². The Hall–Kier alpha value is -3.20. The predicted octanol–water partition coefficient (Wildman–Crippen LogP) is 3.32. The zero-order valence-corrected chi connectivity index (χ0v) is 18.7. The monoisotopic (exact) mass is 484 g/mol. The minimum Gasteiger partial charge on any atom is -0.360 e. The van der Waals surface area contributed by atoms with E-state index < -0.39 is 0 Å². The van der Waals surface area contributed by atoms with Gasteiger partial charge in [0.25, 0.3) is 5.91 Å². The minimum absolute atomic E-state index is 0.0503. The minimum atomic E-state index is -0.274. The number of hydrogen-bond donors (Lipinski definition) is 2. The summed E-state index contributed by atoms with van der Waals surface area (Å²) in [5, 5.41) is 6.90. The molecule has 1 unspecified atom stereocenters. The predicted molar refractivity (Wildman–Crippen MR) is 117 cm³/mol. The smallest absolute Gasteiger partial charge is 0.270 e. The molecule has 1 saturated heterocycles. The van der Waals surface area contributed by atoms with Gasteiger partial charge in [-0.3, -0.25) is 14.4 Å². The van der Waals surface area contributed by atoms with E-state index in [1.807, 2.05) is 24.3 Å². The van der Waals surface area contributed by atoms with Crippen LogP contribution in [0, 0.1) is 6.92 Å². The summed E-state index contributed by atoms with van der Waals surface area (Å²) in [7, 11) is 0. The van der Waals surface area contributed by atoms with Gasteiger partial charge in [0.2, 0.25) is 5.91 Å². The van der Waals surface area contributed by atoms with E-state index >= 15 is 0 Å². The second kappa shape index (κ2) is 8.50. The Morgan fingerprint density at radius 1 is 1.26 bits per heavy atom. The number of nitrogens with zero attached hydrogens (tertiary/aromatic N) is 2. The highest BCUT2D eigenvalue weighted by Crippen LogP contribution is 2.29. The van der Waals surface area contributed by atoms with Crippen LogP contribution in [0.15, 0.2) is 45.5 Å². The van der Waals surface area contributed by atoms with Crippen molar-refractivity contribution in [2.24, 2.45) is 0 Å². The third-order valence-electron chi connectivity index (χ3n) is 5.27. The van der Waals surface area contributed by atoms with E-state index in [9.17, 15) is 14.4 Å². The van der Waals surface area contributed by atoms with Crippen LogP contribution in [0.2, 0.25) is 0 Å². The largest absolute Gasteiger partial charge is 0.360 e. The number of nitrogens with one attached hydrogen (secondary N) is 2. The van der Waals surface area contributed by atoms with Crippen molar-refractivity contribution in [2.75, 3.05) is 13.1 Å². The van der Waals surface area contributed by atoms with Crippen molar-refractivity contribution in [3.63, 3.8) is 0 Å². The van der Waals surface area contributed by atoms with Gasteiger partial charge in [0.05, 0.1) is 5.56 Å². The lowest BCUT2D eigenvalue weighted by Gasteiger charge is -2.15. The van der Waals surface area contributed by atoms with E-state index in [0.717, 1.165) is 10.0 Å². The quantitative estimate of drug-likeness (QED) is 0.539. The first kappa shape index (κ1) is 21.0. The Bertz CT molecular complexity index is 1150. The standard InChI is InChI=1S/C22H21BrN4O4/c1-12-19(20(26-31-12)14-3-5-16(23)6-4-14)21(29)15-9-18(24-10-15)22(30)27-8-7-17(11-27)25-13(2)28/h3-6,9-10,17,24H,7-8,11H2,1-2H3,(H,25,28). The topological polar surface area (TPSA) is 108 Å². The van der Waals surface area contributed by atoms with Crippen LogP contribution in [0.4, 0.5) is 0 Å². The summed E-state index contributed by atoms with van der Waals surface area (Å²) < 4.78 is 6.22. The maximum atomic E-state index is 13.2. The molecule has 0 saturated carbocycles. The number of aromatic amines is 1. The van der Waals surface area contributed by atoms with Gasteiger partial charge in [-0.2, -0.15) is 0 Å². The Balaban J connectivity index is 1.54. The van der Waals surface area contributed by atoms with E-state index in [1.165, 1.54) is 13.1 Å². The molecule has 0 spiro atoms. The molecule has 4 rings (SSSR count). The van der Waals surface area contributed by atoms with E-state index in [0.29, 0.717) is 47.8 Å². The molecule has 1 aromatic carbocycles. The molecular formula is C22H21BrN4O4. The number of aryl methyl sites for hydroxylation is 1. The lowest BCUT2D eigenvalue weighted by molar-refractivity contribution is -0.119. The number of benzene rings is 1. The van der Waals surface area contributed by atoms with Crippen molar-refractivity contribution in [2.45, 2.75) is 26.3 Å². The van der Waals surface area contributed by atoms with Crippen molar-refractivity contribution in [3.05, 3.63) is 63.6 Å². The maximum Gasteiger partial charge on any atom is 0.270 e. The number of ketones is 1. The van der Waals surface area contributed by atoms with Crippen LogP contribution < -0.4 is 5.32 Å². The molecule has 0 aliphatic carbocycles. The van der Waals surface area contributed by atoms with Crippen molar-refractivity contribution < 1.29 is 18.9 Å². The summed E-state index contributed by atoms with van der Waals surface area (Å²) >= 11 is 3.40. The van der Waals surface area contributed by atoms with Crippen LogP contribution in [-0.4, -0.2) is 51.8 Å². The van der Waals surface area contributed by atoms with Gasteiger partial charge in [-0.15, -0.1) is 0 Å². The molecule has 9 heteroatoms. The van der Waals surface area contributed by atoms with Gasteiger partial charge in [0.1, 0.15) is 17.1 Å². The summed E-state index contributed by atoms with van der Waals surface area (Å²) in [5.74, 6) is -0.181. The van der Waals surface area contributed by atoms with Crippen LogP contribution in [0.5, 0.6) is 0 Å². The Morgan fingerprint density at radius 2 is 2.00 bits per heavy atom. The highest BCUT2D eigenvalue weighted by Gasteiger charge is 2.29. The molecule has 160 valence electrons. The van der Waals surface area contributed by atoms with E-state index in [-0.39, 0.29) is 23.6 Å². The van der Waals surface area contributed by atoms with Crippen LogP contribution in [-0.2, 0) is 4.79 Å². The normalized spacial score (nSPS) is 15.8. The second-order valence-electron chi connectivity index (χ2n) is 7.54. The number of carbonyl (C=O) groups excluding carboxylic acids is 3. The SMILES string of the molecule is CC(=O)NC1CCN(C(=O)c2cc(C(=O)c3c(-c4ccc(Br)cc4)noc3C)c[nH]2)C1. The third kappa shape index (κ3) is 4.32. The van der Waals surface area contributed by atoms with E-state index in [4.69, 9.17) is 4.52 Å². The van der Waals surface area contributed by atoms with Gasteiger partial charge < -0.3 is 19.7 Å². The Kier molecular flexibility index (Phi) is 5.77. The first-order valence-electron chi connectivity index (χ1n) is 9.85. The van der Waals surface area contributed by atoms with Crippen LogP contribution >= 0.6 is 15.9 Å². The van der Waals surface area contributed by atoms with Gasteiger partial charge in [0.15, 0.2) is 5.78 Å². The third-order valence-corrected chi connectivity index (χ3v) is 5.79. The van der Waals surface area contributed by atoms with Crippen LogP contribution in [0.25, 0.3) is 11.3 Å². The molecule has 1 aliphatic heterocycles. The number of rotatable bonds is 5. The highest BCUT2D eigenvalue weighted by atomic mass is 79.9. The highest BCUT2D eigenvalue weighted by molar-refractivity contribution is 9.10. The molecule has 0 radical (unpaired) electrons. The fourth-order valence-corrected chi connectivity index (χ4v) is 4.02. The molecule has 1 fully saturated rings. The molecule has 3 heterocycles. The van der Waals surface area contributed by atoms with Gasteiger partial charge >= 0.3 is 0 Å². The fourth-order valence-electron chi connectivity index (χ4n) is 3.76. The van der Waals surface area contributed by atoms with E-state index in [2.05, 4.69) is 31.4 Å². The van der Waals surface area contributed by atoms with Gasteiger partial charge in [-0.05, 0) is 31.5 Å². The average Bonchev–Trinajstić information content (AvgIpc) is 3.47. The Labute approximate surface area is 187 Å². The average molecular weight is 485 g/mol. The zero-order chi connectivity index (χ0) is 22.1. The summed E-state index contributed by atoms with van der Waals surface area (Å²) in [6.07, 6.45) is 2.23. The molecule has 2 aromatic heterocycles. The Morgan fingerprint density at radius 3 is 2.71 bits per heavy atom. The lowest BCUT2D eigenvalue weighted by Crippen LogP contribution is -2.37. The number of halogens is 1. The first-order valence-corrected chi connectivity index (χ1v) is 10.6. The first-order chi connectivity index (χ1) is 14.8. The molecule has 2 N–H and O–H groups in total. The summed E-state index contributed by atoms with van der Waals surface area (Å²) in [4.78, 5) is 41.9. The van der Waals surface area contributed by atoms with Crippen LogP contribution in [0.1, 0.15) is 45.5 Å². The number of carbonyl (C=O) groups is 3. The molecule has 31 heavy (non-hydrogen) atoms. The molecule has 1 atom stereocenters. The van der Waals surface area contributed by atoms with Crippen LogP contribution in [0.3, 0.4) is 0 Å². The summed E-state index contributed by atoms with van der Waals surface area (Å²) in [5.41, 5.74) is 2.27. The number of hydrogen-bond acceptors (Lipinski definition) is 5. The van der Waals surface area contributed by atoms with Gasteiger partial charge in [-0.25, -0.2) is 0 Å². The summed E-state index contributed by atoms with van der Waals surface area (Å²) in [6, 6.07) is 8.93. The maximum absolute atomic E-state index is 13.2. The zero-order valence-electron chi connectivity index (χ0n) is 17.1. The number of aromatic nitrogens is 2. The lowest BCUT2D eigenvalue weighted by atomic mass is 9.99. The number of likely N-dealkylation sites (tertiary alicyclic amines) is 1. The van der Waals surface area contributed by atoms with Crippen molar-refractivity contribution in [3.8, 4) is 11.3 Å². The van der Waals surface area contributed by atoms with Gasteiger partial charge in [-0.1, -0.05) is 33.2 Å². The van der Waals surface area contributed by atoms with E-state index in [1.54, 1.807) is 17.9 Å². The summed E-state index contributed by atoms with van der Waals surface area (Å²) in [6.45, 7) is 4.14. The van der Waals surface area contributed by atoms with Crippen molar-refractivity contribution in [1.29, 1.82) is 0 Å². The molecule has 2 amide bonds. The number of amides is 2. The molecule has 1 aliphatic rings. The molecule has 0 bridgehead atoms.